The zero-order valence-corrected chi connectivity index (χ0v) is 16.8. The molecular formula is C22H28N4O3. The van der Waals surface area contributed by atoms with Gasteiger partial charge in [-0.1, -0.05) is 41.9 Å². The molecular weight excluding hydrogens is 368 g/mol. The molecule has 1 atom stereocenters. The Kier molecular flexibility index (Phi) is 5.09. The quantitative estimate of drug-likeness (QED) is 0.773. The number of nitrogens with zero attached hydrogens (tertiary/aromatic N) is 4. The predicted octanol–water partition coefficient (Wildman–Crippen LogP) is 2.53. The van der Waals surface area contributed by atoms with Crippen molar-refractivity contribution in [1.29, 1.82) is 0 Å². The van der Waals surface area contributed by atoms with Crippen molar-refractivity contribution in [2.24, 2.45) is 0 Å². The van der Waals surface area contributed by atoms with Crippen molar-refractivity contribution < 1.29 is 14.1 Å². The summed E-state index contributed by atoms with van der Waals surface area (Å²) in [4.78, 5) is 21.5. The first kappa shape index (κ1) is 18.8. The van der Waals surface area contributed by atoms with Crippen LogP contribution in [-0.4, -0.2) is 70.3 Å². The zero-order chi connectivity index (χ0) is 19.7. The minimum Gasteiger partial charge on any atom is -0.370 e. The van der Waals surface area contributed by atoms with E-state index in [2.05, 4.69) is 15.0 Å². The second-order valence-electron chi connectivity index (χ2n) is 8.58. The van der Waals surface area contributed by atoms with E-state index in [0.717, 1.165) is 31.7 Å². The number of aryl methyl sites for hydroxylation is 1. The molecule has 1 amide bonds. The highest BCUT2D eigenvalue weighted by Crippen LogP contribution is 2.37. The zero-order valence-electron chi connectivity index (χ0n) is 16.8. The van der Waals surface area contributed by atoms with E-state index in [1.165, 1.54) is 32.4 Å². The molecule has 3 aliphatic rings. The molecule has 0 radical (unpaired) electrons. The lowest BCUT2D eigenvalue weighted by molar-refractivity contribution is -0.157. The number of benzene rings is 1. The van der Waals surface area contributed by atoms with Crippen LogP contribution in [0.1, 0.15) is 38.0 Å². The van der Waals surface area contributed by atoms with E-state index in [9.17, 15) is 4.79 Å². The van der Waals surface area contributed by atoms with Crippen LogP contribution in [0.3, 0.4) is 0 Å². The van der Waals surface area contributed by atoms with Crippen LogP contribution in [0.25, 0.3) is 11.4 Å². The number of ether oxygens (including phenoxy) is 1. The highest BCUT2D eigenvalue weighted by molar-refractivity contribution is 5.77. The maximum absolute atomic E-state index is 12.6. The second-order valence-corrected chi connectivity index (χ2v) is 8.58. The summed E-state index contributed by atoms with van der Waals surface area (Å²) < 4.78 is 11.5. The maximum Gasteiger partial charge on any atom is 0.227 e. The second kappa shape index (κ2) is 7.88. The third-order valence-electron chi connectivity index (χ3n) is 6.46. The molecule has 1 unspecified atom stereocenters. The molecule has 5 rings (SSSR count). The van der Waals surface area contributed by atoms with Crippen molar-refractivity contribution >= 4 is 5.91 Å². The van der Waals surface area contributed by atoms with Gasteiger partial charge in [-0.15, -0.1) is 0 Å². The molecule has 4 heterocycles. The van der Waals surface area contributed by atoms with Gasteiger partial charge in [-0.25, -0.2) is 0 Å². The average molecular weight is 396 g/mol. The number of amides is 1. The van der Waals surface area contributed by atoms with Crippen LogP contribution >= 0.6 is 0 Å². The van der Waals surface area contributed by atoms with Crippen LogP contribution in [0.4, 0.5) is 0 Å². The fourth-order valence-electron chi connectivity index (χ4n) is 4.82. The van der Waals surface area contributed by atoms with Crippen molar-refractivity contribution in [1.82, 2.24) is 19.9 Å². The Balaban J connectivity index is 1.09. The third kappa shape index (κ3) is 3.94. The van der Waals surface area contributed by atoms with Gasteiger partial charge in [0.05, 0.1) is 19.7 Å². The average Bonchev–Trinajstić information content (AvgIpc) is 3.40. The standard InChI is InChI=1S/C22H28N4O3/c27-20(10-9-19-23-21(24-29-19)17-7-3-1-4-8-17)26-15-22(16-26)13-18(14-28-22)25-11-5-2-6-12-25/h1,3-4,7-8,18H,2,5-6,9-16H2. The summed E-state index contributed by atoms with van der Waals surface area (Å²) in [5.74, 6) is 1.22. The molecule has 3 saturated heterocycles. The van der Waals surface area contributed by atoms with Crippen LogP contribution in [0.2, 0.25) is 0 Å². The first-order chi connectivity index (χ1) is 14.2. The van der Waals surface area contributed by atoms with Gasteiger partial charge >= 0.3 is 0 Å². The highest BCUT2D eigenvalue weighted by Gasteiger charge is 2.52. The van der Waals surface area contributed by atoms with Gasteiger partial charge in [-0.3, -0.25) is 9.69 Å². The lowest BCUT2D eigenvalue weighted by atomic mass is 9.88. The van der Waals surface area contributed by atoms with Gasteiger partial charge in [0.1, 0.15) is 5.60 Å². The molecule has 1 spiro atoms. The van der Waals surface area contributed by atoms with E-state index in [0.29, 0.717) is 30.6 Å². The Morgan fingerprint density at radius 3 is 2.72 bits per heavy atom. The highest BCUT2D eigenvalue weighted by atomic mass is 16.5. The van der Waals surface area contributed by atoms with Gasteiger partial charge in [-0.05, 0) is 32.4 Å². The Morgan fingerprint density at radius 2 is 1.93 bits per heavy atom. The van der Waals surface area contributed by atoms with Crippen molar-refractivity contribution in [3.63, 3.8) is 0 Å². The van der Waals surface area contributed by atoms with E-state index in [1.54, 1.807) is 0 Å². The van der Waals surface area contributed by atoms with Gasteiger partial charge < -0.3 is 14.2 Å². The molecule has 154 valence electrons. The van der Waals surface area contributed by atoms with Crippen molar-refractivity contribution in [3.05, 3.63) is 36.2 Å². The summed E-state index contributed by atoms with van der Waals surface area (Å²) in [6.45, 7) is 4.64. The predicted molar refractivity (Wildman–Crippen MR) is 107 cm³/mol. The molecule has 0 N–H and O–H groups in total. The van der Waals surface area contributed by atoms with Crippen molar-refractivity contribution in [2.75, 3.05) is 32.8 Å². The van der Waals surface area contributed by atoms with Crippen LogP contribution in [0.15, 0.2) is 34.9 Å². The number of likely N-dealkylation sites (tertiary alicyclic amines) is 2. The maximum atomic E-state index is 12.6. The minimum absolute atomic E-state index is 0.108. The lowest BCUT2D eigenvalue weighted by Gasteiger charge is -2.47. The molecule has 7 nitrogen and oxygen atoms in total. The number of hydrogen-bond donors (Lipinski definition) is 0. The number of carbonyl (C=O) groups excluding carboxylic acids is 1. The van der Waals surface area contributed by atoms with Crippen LogP contribution in [-0.2, 0) is 16.0 Å². The molecule has 0 saturated carbocycles. The van der Waals surface area contributed by atoms with Crippen LogP contribution in [0.5, 0.6) is 0 Å². The van der Waals surface area contributed by atoms with E-state index in [1.807, 2.05) is 35.2 Å². The Morgan fingerprint density at radius 1 is 1.14 bits per heavy atom. The summed E-state index contributed by atoms with van der Waals surface area (Å²) in [5, 5.41) is 4.02. The summed E-state index contributed by atoms with van der Waals surface area (Å²) in [6, 6.07) is 10.2. The first-order valence-electron chi connectivity index (χ1n) is 10.7. The van der Waals surface area contributed by atoms with Crippen LogP contribution < -0.4 is 0 Å². The Bertz CT molecular complexity index is 841. The number of piperidine rings is 1. The molecule has 29 heavy (non-hydrogen) atoms. The van der Waals surface area contributed by atoms with Crippen molar-refractivity contribution in [2.45, 2.75) is 50.2 Å². The summed E-state index contributed by atoms with van der Waals surface area (Å²) >= 11 is 0. The van der Waals surface area contributed by atoms with Crippen molar-refractivity contribution in [3.8, 4) is 11.4 Å². The molecule has 2 aromatic rings. The summed E-state index contributed by atoms with van der Waals surface area (Å²) in [6.07, 6.45) is 5.87. The van der Waals surface area contributed by atoms with E-state index >= 15 is 0 Å². The fraction of sp³-hybridized carbons (Fsp3) is 0.591. The molecule has 1 aromatic carbocycles. The lowest BCUT2D eigenvalue weighted by Crippen LogP contribution is -2.63. The van der Waals surface area contributed by atoms with Gasteiger partial charge in [-0.2, -0.15) is 4.98 Å². The normalized spacial score (nSPS) is 24.0. The molecule has 0 bridgehead atoms. The van der Waals surface area contributed by atoms with E-state index in [4.69, 9.17) is 9.26 Å². The Hall–Kier alpha value is -2.25. The van der Waals surface area contributed by atoms with E-state index < -0.39 is 0 Å². The number of hydrogen-bond acceptors (Lipinski definition) is 6. The SMILES string of the molecule is O=C(CCc1nc(-c2ccccc2)no1)N1CC2(CC(N3CCCCC3)CO2)C1. The van der Waals surface area contributed by atoms with E-state index in [-0.39, 0.29) is 11.5 Å². The van der Waals surface area contributed by atoms with Gasteiger partial charge in [0, 0.05) is 24.4 Å². The topological polar surface area (TPSA) is 71.7 Å². The molecule has 0 aliphatic carbocycles. The molecule has 1 aromatic heterocycles. The largest absolute Gasteiger partial charge is 0.370 e. The smallest absolute Gasteiger partial charge is 0.227 e. The molecule has 3 fully saturated rings. The third-order valence-corrected chi connectivity index (χ3v) is 6.46. The van der Waals surface area contributed by atoms with Gasteiger partial charge in [0.25, 0.3) is 0 Å². The van der Waals surface area contributed by atoms with Gasteiger partial charge in [0.15, 0.2) is 0 Å². The minimum atomic E-state index is -0.108. The summed E-state index contributed by atoms with van der Waals surface area (Å²) in [5.41, 5.74) is 0.808. The number of carbonyl (C=O) groups is 1. The Labute approximate surface area is 171 Å². The monoisotopic (exact) mass is 396 g/mol. The van der Waals surface area contributed by atoms with Crippen LogP contribution in [0, 0.1) is 0 Å². The number of aromatic nitrogens is 2. The molecule has 3 aliphatic heterocycles. The molecule has 7 heteroatoms. The first-order valence-corrected chi connectivity index (χ1v) is 10.7. The van der Waals surface area contributed by atoms with Gasteiger partial charge in [0.2, 0.25) is 17.6 Å². The summed E-state index contributed by atoms with van der Waals surface area (Å²) in [7, 11) is 0. The number of rotatable bonds is 5. The fourth-order valence-corrected chi connectivity index (χ4v) is 4.82.